The largest absolute Gasteiger partial charge is 0.228 e. The maximum Gasteiger partial charge on any atom is 0.215 e. The molecule has 4 heteroatoms. The van der Waals surface area contributed by atoms with E-state index in [1.165, 1.54) is 5.56 Å². The van der Waals surface area contributed by atoms with Gasteiger partial charge in [0, 0.05) is 0 Å². The number of benzene rings is 1. The van der Waals surface area contributed by atoms with Gasteiger partial charge in [-0.2, -0.15) is 0 Å². The molecule has 0 heterocycles. The maximum atomic E-state index is 11.2. The Kier molecular flexibility index (Phi) is 4.10. The molecule has 0 aliphatic carbocycles. The number of nitrogens with two attached hydrogens (primary N) is 1. The first-order valence-electron chi connectivity index (χ1n) is 5.41. The van der Waals surface area contributed by atoms with Gasteiger partial charge >= 0.3 is 0 Å². The number of primary sulfonamides is 1. The van der Waals surface area contributed by atoms with Crippen molar-refractivity contribution in [2.45, 2.75) is 32.4 Å². The minimum Gasteiger partial charge on any atom is -0.228 e. The van der Waals surface area contributed by atoms with Crippen LogP contribution in [0.3, 0.4) is 0 Å². The molecule has 1 atom stereocenters. The van der Waals surface area contributed by atoms with Gasteiger partial charge in [0.2, 0.25) is 10.0 Å². The van der Waals surface area contributed by atoms with E-state index in [4.69, 9.17) is 5.14 Å². The molecule has 0 bridgehead atoms. The van der Waals surface area contributed by atoms with Crippen molar-refractivity contribution in [1.29, 1.82) is 0 Å². The van der Waals surface area contributed by atoms with E-state index in [0.29, 0.717) is 5.92 Å². The van der Waals surface area contributed by atoms with E-state index < -0.39 is 15.3 Å². The Morgan fingerprint density at radius 2 is 1.62 bits per heavy atom. The quantitative estimate of drug-likeness (QED) is 0.878. The molecule has 0 spiro atoms. The molecule has 3 nitrogen and oxygen atoms in total. The van der Waals surface area contributed by atoms with Crippen LogP contribution < -0.4 is 5.14 Å². The lowest BCUT2D eigenvalue weighted by atomic mass is 10.0. The second-order valence-electron chi connectivity index (χ2n) is 4.57. The van der Waals surface area contributed by atoms with Crippen molar-refractivity contribution in [1.82, 2.24) is 0 Å². The van der Waals surface area contributed by atoms with E-state index in [0.717, 1.165) is 12.0 Å². The minimum atomic E-state index is -3.49. The van der Waals surface area contributed by atoms with E-state index in [9.17, 15) is 8.42 Å². The van der Waals surface area contributed by atoms with E-state index in [1.807, 2.05) is 24.3 Å². The van der Waals surface area contributed by atoms with Gasteiger partial charge in [0.05, 0.1) is 5.25 Å². The Morgan fingerprint density at radius 1 is 1.12 bits per heavy atom. The number of hydrogen-bond donors (Lipinski definition) is 1. The molecule has 0 saturated heterocycles. The fourth-order valence-corrected chi connectivity index (χ4v) is 2.12. The van der Waals surface area contributed by atoms with E-state index in [-0.39, 0.29) is 0 Å². The lowest BCUT2D eigenvalue weighted by Gasteiger charge is -2.11. The molecule has 0 amide bonds. The lowest BCUT2D eigenvalue weighted by molar-refractivity contribution is 0.588. The predicted octanol–water partition coefficient (Wildman–Crippen LogP) is 2.23. The highest BCUT2D eigenvalue weighted by molar-refractivity contribution is 7.89. The molecule has 1 rings (SSSR count). The highest BCUT2D eigenvalue weighted by Crippen LogP contribution is 2.20. The summed E-state index contributed by atoms with van der Waals surface area (Å²) in [5, 5.41) is 4.46. The van der Waals surface area contributed by atoms with Crippen LogP contribution in [-0.2, 0) is 16.4 Å². The molecular weight excluding hydrogens is 222 g/mol. The molecule has 0 unspecified atom stereocenters. The highest BCUT2D eigenvalue weighted by Gasteiger charge is 2.17. The third kappa shape index (κ3) is 3.61. The third-order valence-corrected chi connectivity index (χ3v) is 3.84. The summed E-state index contributed by atoms with van der Waals surface area (Å²) in [6.07, 6.45) is 1.00. The Bertz CT molecular complexity index is 435. The van der Waals surface area contributed by atoms with Crippen LogP contribution in [-0.4, -0.2) is 8.42 Å². The monoisotopic (exact) mass is 241 g/mol. The smallest absolute Gasteiger partial charge is 0.215 e. The average Bonchev–Trinajstić information content (AvgIpc) is 2.15. The summed E-state index contributed by atoms with van der Waals surface area (Å²) >= 11 is 0. The van der Waals surface area contributed by atoms with Crippen molar-refractivity contribution in [3.63, 3.8) is 0 Å². The van der Waals surface area contributed by atoms with Gasteiger partial charge in [-0.15, -0.1) is 0 Å². The molecule has 0 aliphatic rings. The molecule has 0 fully saturated rings. The Labute approximate surface area is 97.7 Å². The maximum absolute atomic E-state index is 11.2. The van der Waals surface area contributed by atoms with Crippen LogP contribution in [0.5, 0.6) is 0 Å². The molecular formula is C12H19NO2S. The molecule has 16 heavy (non-hydrogen) atoms. The summed E-state index contributed by atoms with van der Waals surface area (Å²) in [5.41, 5.74) is 1.97. The standard InChI is InChI=1S/C12H19NO2S/c1-9(2)8-11-4-6-12(7-5-11)10(3)16(13,14)15/h4-7,9-10H,8H2,1-3H3,(H2,13,14,15)/t10-/m1/s1. The Balaban J connectivity index is 2.87. The minimum absolute atomic E-state index is 0.599. The third-order valence-electron chi connectivity index (χ3n) is 2.59. The topological polar surface area (TPSA) is 60.2 Å². The summed E-state index contributed by atoms with van der Waals surface area (Å²) in [6.45, 7) is 5.91. The molecule has 90 valence electrons. The zero-order chi connectivity index (χ0) is 12.3. The van der Waals surface area contributed by atoms with Crippen LogP contribution in [0, 0.1) is 5.92 Å². The first kappa shape index (κ1) is 13.2. The Morgan fingerprint density at radius 3 is 2.00 bits per heavy atom. The summed E-state index contributed by atoms with van der Waals surface area (Å²) < 4.78 is 22.3. The van der Waals surface area contributed by atoms with Crippen LogP contribution in [0.15, 0.2) is 24.3 Å². The van der Waals surface area contributed by atoms with E-state index >= 15 is 0 Å². The molecule has 0 aliphatic heterocycles. The number of sulfonamides is 1. The summed E-state index contributed by atoms with van der Waals surface area (Å²) in [4.78, 5) is 0. The number of rotatable bonds is 4. The van der Waals surface area contributed by atoms with Crippen molar-refractivity contribution in [2.75, 3.05) is 0 Å². The summed E-state index contributed by atoms with van der Waals surface area (Å²) in [7, 11) is -3.49. The summed E-state index contributed by atoms with van der Waals surface area (Å²) in [5.74, 6) is 0.599. The first-order valence-corrected chi connectivity index (χ1v) is 7.02. The normalized spacial score (nSPS) is 14.1. The van der Waals surface area contributed by atoms with Crippen molar-refractivity contribution < 1.29 is 8.42 Å². The molecule has 0 aromatic heterocycles. The molecule has 1 aromatic carbocycles. The SMILES string of the molecule is CC(C)Cc1ccc([C@@H](C)S(N)(=O)=O)cc1. The Hall–Kier alpha value is -0.870. The second kappa shape index (κ2) is 4.97. The molecule has 1 aromatic rings. The van der Waals surface area contributed by atoms with Gasteiger partial charge in [-0.25, -0.2) is 13.6 Å². The lowest BCUT2D eigenvalue weighted by Crippen LogP contribution is -2.19. The fraction of sp³-hybridized carbons (Fsp3) is 0.500. The van der Waals surface area contributed by atoms with Crippen molar-refractivity contribution in [3.8, 4) is 0 Å². The molecule has 0 saturated carbocycles. The van der Waals surface area contributed by atoms with Gasteiger partial charge in [-0.05, 0) is 30.4 Å². The predicted molar refractivity (Wildman–Crippen MR) is 66.5 cm³/mol. The van der Waals surface area contributed by atoms with Crippen LogP contribution in [0.2, 0.25) is 0 Å². The first-order chi connectivity index (χ1) is 7.30. The van der Waals surface area contributed by atoms with Crippen LogP contribution in [0.25, 0.3) is 0 Å². The number of hydrogen-bond acceptors (Lipinski definition) is 2. The van der Waals surface area contributed by atoms with E-state index in [1.54, 1.807) is 6.92 Å². The van der Waals surface area contributed by atoms with Crippen LogP contribution in [0.4, 0.5) is 0 Å². The average molecular weight is 241 g/mol. The zero-order valence-electron chi connectivity index (χ0n) is 9.97. The van der Waals surface area contributed by atoms with Gasteiger partial charge in [0.15, 0.2) is 0 Å². The van der Waals surface area contributed by atoms with Crippen LogP contribution >= 0.6 is 0 Å². The van der Waals surface area contributed by atoms with E-state index in [2.05, 4.69) is 13.8 Å². The summed E-state index contributed by atoms with van der Waals surface area (Å²) in [6, 6.07) is 7.62. The second-order valence-corrected chi connectivity index (χ2v) is 6.46. The van der Waals surface area contributed by atoms with Gasteiger partial charge in [0.1, 0.15) is 0 Å². The van der Waals surface area contributed by atoms with Crippen molar-refractivity contribution in [2.24, 2.45) is 11.1 Å². The van der Waals surface area contributed by atoms with Gasteiger partial charge < -0.3 is 0 Å². The zero-order valence-corrected chi connectivity index (χ0v) is 10.8. The van der Waals surface area contributed by atoms with Crippen LogP contribution in [0.1, 0.15) is 37.1 Å². The van der Waals surface area contributed by atoms with Gasteiger partial charge in [-0.3, -0.25) is 0 Å². The molecule has 2 N–H and O–H groups in total. The highest BCUT2D eigenvalue weighted by atomic mass is 32.2. The van der Waals surface area contributed by atoms with Crippen molar-refractivity contribution in [3.05, 3.63) is 35.4 Å². The molecule has 0 radical (unpaired) electrons. The fourth-order valence-electron chi connectivity index (χ4n) is 1.59. The van der Waals surface area contributed by atoms with Gasteiger partial charge in [-0.1, -0.05) is 38.1 Å². The van der Waals surface area contributed by atoms with Crippen molar-refractivity contribution >= 4 is 10.0 Å². The van der Waals surface area contributed by atoms with Gasteiger partial charge in [0.25, 0.3) is 0 Å².